The number of nitrogens with one attached hydrogen (secondary N) is 1. The van der Waals surface area contributed by atoms with Crippen LogP contribution in [0.5, 0.6) is 11.5 Å². The fourth-order valence-corrected chi connectivity index (χ4v) is 2.99. The minimum atomic E-state index is 0.108. The number of hydrogen-bond acceptors (Lipinski definition) is 4. The van der Waals surface area contributed by atoms with Gasteiger partial charge in [0.05, 0.1) is 26.5 Å². The van der Waals surface area contributed by atoms with Crippen molar-refractivity contribution >= 4 is 0 Å². The molecule has 0 amide bonds. The van der Waals surface area contributed by atoms with Crippen molar-refractivity contribution in [3.05, 3.63) is 41.2 Å². The summed E-state index contributed by atoms with van der Waals surface area (Å²) in [5.41, 5.74) is 3.69. The molecular weight excluding hydrogens is 266 g/mol. The largest absolute Gasteiger partial charge is 0.497 e. The highest BCUT2D eigenvalue weighted by Crippen LogP contribution is 2.35. The highest BCUT2D eigenvalue weighted by atomic mass is 16.5. The van der Waals surface area contributed by atoms with Crippen molar-refractivity contribution in [2.24, 2.45) is 0 Å². The fraction of sp³-hybridized carbons (Fsp3) is 0.438. The maximum Gasteiger partial charge on any atom is 0.161 e. The van der Waals surface area contributed by atoms with Gasteiger partial charge in [-0.1, -0.05) is 6.07 Å². The Labute approximate surface area is 124 Å². The molecule has 0 saturated carbocycles. The highest BCUT2D eigenvalue weighted by Gasteiger charge is 2.27. The Kier molecular flexibility index (Phi) is 3.84. The summed E-state index contributed by atoms with van der Waals surface area (Å²) in [6.45, 7) is 3.85. The van der Waals surface area contributed by atoms with Gasteiger partial charge in [0, 0.05) is 13.1 Å². The van der Waals surface area contributed by atoms with Crippen LogP contribution >= 0.6 is 0 Å². The number of hydrogen-bond donors (Lipinski definition) is 1. The molecule has 1 aromatic heterocycles. The molecule has 1 aliphatic heterocycles. The number of methoxy groups -OCH3 is 2. The first-order valence-electron chi connectivity index (χ1n) is 7.28. The maximum absolute atomic E-state index is 5.49. The molecular formula is C16H21N3O2. The van der Waals surface area contributed by atoms with Gasteiger partial charge in [0.2, 0.25) is 0 Å². The van der Waals surface area contributed by atoms with Crippen molar-refractivity contribution in [3.63, 3.8) is 0 Å². The Morgan fingerprint density at radius 2 is 2.19 bits per heavy atom. The molecule has 2 heterocycles. The minimum absolute atomic E-state index is 0.108. The van der Waals surface area contributed by atoms with E-state index in [4.69, 9.17) is 9.47 Å². The number of aryl methyl sites for hydroxylation is 1. The van der Waals surface area contributed by atoms with Crippen LogP contribution in [-0.2, 0) is 13.0 Å². The molecule has 5 nitrogen and oxygen atoms in total. The molecule has 1 atom stereocenters. The summed E-state index contributed by atoms with van der Waals surface area (Å²) in [5.74, 6) is 1.74. The van der Waals surface area contributed by atoms with E-state index in [0.29, 0.717) is 0 Å². The molecule has 3 rings (SSSR count). The van der Waals surface area contributed by atoms with Gasteiger partial charge in [-0.2, -0.15) is 5.10 Å². The van der Waals surface area contributed by atoms with Crippen molar-refractivity contribution in [1.29, 1.82) is 0 Å². The third-order valence-electron chi connectivity index (χ3n) is 4.04. The molecule has 0 bridgehead atoms. The zero-order valence-electron chi connectivity index (χ0n) is 12.7. The Morgan fingerprint density at radius 3 is 2.90 bits per heavy atom. The van der Waals surface area contributed by atoms with Crippen LogP contribution in [0, 0.1) is 0 Å². The zero-order valence-corrected chi connectivity index (χ0v) is 12.7. The summed E-state index contributed by atoms with van der Waals surface area (Å²) < 4.78 is 12.8. The van der Waals surface area contributed by atoms with Crippen molar-refractivity contribution in [1.82, 2.24) is 15.1 Å². The molecule has 1 aliphatic rings. The summed E-state index contributed by atoms with van der Waals surface area (Å²) in [5, 5.41) is 8.00. The van der Waals surface area contributed by atoms with Crippen molar-refractivity contribution in [3.8, 4) is 11.5 Å². The molecule has 5 heteroatoms. The standard InChI is InChI=1S/C16H21N3O2/c1-4-19-16(14(21-3)10-18-19)15-13-6-5-12(20-2)9-11(13)7-8-17-15/h5-6,9-10,15,17H,4,7-8H2,1-3H3. The predicted octanol–water partition coefficient (Wildman–Crippen LogP) is 2.16. The van der Waals surface area contributed by atoms with Crippen LogP contribution < -0.4 is 14.8 Å². The van der Waals surface area contributed by atoms with E-state index in [1.54, 1.807) is 20.4 Å². The molecule has 21 heavy (non-hydrogen) atoms. The number of nitrogens with zero attached hydrogens (tertiary/aromatic N) is 2. The van der Waals surface area contributed by atoms with E-state index >= 15 is 0 Å². The van der Waals surface area contributed by atoms with Crippen LogP contribution in [0.3, 0.4) is 0 Å². The lowest BCUT2D eigenvalue weighted by Crippen LogP contribution is -2.32. The molecule has 0 spiro atoms. The molecule has 0 radical (unpaired) electrons. The zero-order chi connectivity index (χ0) is 14.8. The maximum atomic E-state index is 5.49. The SMILES string of the molecule is CCn1ncc(OC)c1C1NCCc2cc(OC)ccc21. The first-order valence-corrected chi connectivity index (χ1v) is 7.28. The molecule has 1 unspecified atom stereocenters. The summed E-state index contributed by atoms with van der Waals surface area (Å²) in [7, 11) is 3.40. The lowest BCUT2D eigenvalue weighted by Gasteiger charge is -2.28. The number of ether oxygens (including phenoxy) is 2. The molecule has 0 fully saturated rings. The average molecular weight is 287 g/mol. The normalized spacial score (nSPS) is 17.4. The molecule has 2 aromatic rings. The molecule has 1 N–H and O–H groups in total. The van der Waals surface area contributed by atoms with Crippen LogP contribution in [0.15, 0.2) is 24.4 Å². The Morgan fingerprint density at radius 1 is 1.33 bits per heavy atom. The van der Waals surface area contributed by atoms with E-state index in [2.05, 4.69) is 29.5 Å². The Hall–Kier alpha value is -2.01. The topological polar surface area (TPSA) is 48.3 Å². The first-order chi connectivity index (χ1) is 10.3. The third kappa shape index (κ3) is 2.38. The summed E-state index contributed by atoms with van der Waals surface area (Å²) in [6.07, 6.45) is 2.80. The van der Waals surface area contributed by atoms with E-state index < -0.39 is 0 Å². The highest BCUT2D eigenvalue weighted by molar-refractivity contribution is 5.45. The second kappa shape index (κ2) is 5.77. The minimum Gasteiger partial charge on any atom is -0.497 e. The van der Waals surface area contributed by atoms with Crippen molar-refractivity contribution in [2.45, 2.75) is 25.9 Å². The first kappa shape index (κ1) is 13.9. The lowest BCUT2D eigenvalue weighted by atomic mass is 9.92. The molecule has 0 saturated heterocycles. The number of aromatic nitrogens is 2. The van der Waals surface area contributed by atoms with Gasteiger partial charge in [0.15, 0.2) is 5.75 Å². The van der Waals surface area contributed by atoms with Crippen LogP contribution in [0.25, 0.3) is 0 Å². The molecule has 112 valence electrons. The monoisotopic (exact) mass is 287 g/mol. The molecule has 0 aliphatic carbocycles. The van der Waals surface area contributed by atoms with Crippen molar-refractivity contribution in [2.75, 3.05) is 20.8 Å². The third-order valence-corrected chi connectivity index (χ3v) is 4.04. The second-order valence-corrected chi connectivity index (χ2v) is 5.12. The van der Waals surface area contributed by atoms with Crippen molar-refractivity contribution < 1.29 is 9.47 Å². The van der Waals surface area contributed by atoms with E-state index in [0.717, 1.165) is 36.7 Å². The number of benzene rings is 1. The quantitative estimate of drug-likeness (QED) is 0.936. The van der Waals surface area contributed by atoms with Gasteiger partial charge in [-0.3, -0.25) is 4.68 Å². The van der Waals surface area contributed by atoms with Gasteiger partial charge in [-0.05, 0) is 36.6 Å². The number of rotatable bonds is 4. The molecule has 1 aromatic carbocycles. The number of fused-ring (bicyclic) bond motifs is 1. The second-order valence-electron chi connectivity index (χ2n) is 5.12. The Balaban J connectivity index is 2.08. The van der Waals surface area contributed by atoms with E-state index in [1.807, 2.05) is 10.7 Å². The van der Waals surface area contributed by atoms with Crippen LogP contribution in [0.1, 0.15) is 29.8 Å². The Bertz CT molecular complexity index is 615. The van der Waals surface area contributed by atoms with E-state index in [1.165, 1.54) is 11.1 Å². The van der Waals surface area contributed by atoms with E-state index in [-0.39, 0.29) is 6.04 Å². The van der Waals surface area contributed by atoms with Gasteiger partial charge >= 0.3 is 0 Å². The van der Waals surface area contributed by atoms with Gasteiger partial charge in [-0.25, -0.2) is 0 Å². The summed E-state index contributed by atoms with van der Waals surface area (Å²) in [4.78, 5) is 0. The fourth-order valence-electron chi connectivity index (χ4n) is 2.99. The van der Waals surface area contributed by atoms with Crippen LogP contribution in [0.4, 0.5) is 0 Å². The van der Waals surface area contributed by atoms with Crippen LogP contribution in [0.2, 0.25) is 0 Å². The van der Waals surface area contributed by atoms with Gasteiger partial charge < -0.3 is 14.8 Å². The average Bonchev–Trinajstić information content (AvgIpc) is 2.96. The van der Waals surface area contributed by atoms with Gasteiger partial charge in [0.1, 0.15) is 11.4 Å². The van der Waals surface area contributed by atoms with Gasteiger partial charge in [-0.15, -0.1) is 0 Å². The van der Waals surface area contributed by atoms with Gasteiger partial charge in [0.25, 0.3) is 0 Å². The lowest BCUT2D eigenvalue weighted by molar-refractivity contribution is 0.395. The summed E-state index contributed by atoms with van der Waals surface area (Å²) in [6, 6.07) is 6.38. The summed E-state index contributed by atoms with van der Waals surface area (Å²) >= 11 is 0. The predicted molar refractivity (Wildman–Crippen MR) is 81.0 cm³/mol. The van der Waals surface area contributed by atoms with E-state index in [9.17, 15) is 0 Å². The smallest absolute Gasteiger partial charge is 0.161 e. The van der Waals surface area contributed by atoms with Crippen LogP contribution in [-0.4, -0.2) is 30.5 Å².